The van der Waals surface area contributed by atoms with Crippen LogP contribution in [0.4, 0.5) is 0 Å². The summed E-state index contributed by atoms with van der Waals surface area (Å²) in [5.41, 5.74) is 1.01. The molecule has 0 aliphatic rings. The van der Waals surface area contributed by atoms with Gasteiger partial charge in [0.15, 0.2) is 11.0 Å². The van der Waals surface area contributed by atoms with Crippen molar-refractivity contribution < 1.29 is 9.21 Å². The summed E-state index contributed by atoms with van der Waals surface area (Å²) in [6.45, 7) is 1.53. The van der Waals surface area contributed by atoms with Crippen LogP contribution in [0.15, 0.2) is 45.1 Å². The van der Waals surface area contributed by atoms with Gasteiger partial charge in [0, 0.05) is 12.6 Å². The molecule has 0 N–H and O–H groups in total. The van der Waals surface area contributed by atoms with Crippen LogP contribution in [0.25, 0.3) is 11.4 Å². The number of hydrogen-bond acceptors (Lipinski definition) is 8. The maximum Gasteiger partial charge on any atom is 0.277 e. The zero-order chi connectivity index (χ0) is 16.9. The van der Waals surface area contributed by atoms with E-state index in [4.69, 9.17) is 4.42 Å². The predicted octanol–water partition coefficient (Wildman–Crippen LogP) is 2.84. The number of rotatable bonds is 7. The standard InChI is InChI=1S/C15H15N5O2S2/c1-10(21)8-24-15-19-16-12(22-15)9-23-14-18-17-13(20(14)2)11-6-4-3-5-7-11/h3-7H,8-9H2,1-2H3. The van der Waals surface area contributed by atoms with Crippen molar-refractivity contribution in [2.24, 2.45) is 7.05 Å². The van der Waals surface area contributed by atoms with Crippen LogP contribution in [0.5, 0.6) is 0 Å². The monoisotopic (exact) mass is 361 g/mol. The third-order valence-electron chi connectivity index (χ3n) is 3.04. The first-order valence-corrected chi connectivity index (χ1v) is 9.13. The average molecular weight is 361 g/mol. The zero-order valence-corrected chi connectivity index (χ0v) is 14.8. The molecule has 0 saturated carbocycles. The van der Waals surface area contributed by atoms with E-state index in [-0.39, 0.29) is 5.78 Å². The van der Waals surface area contributed by atoms with E-state index >= 15 is 0 Å². The van der Waals surface area contributed by atoms with E-state index in [0.717, 1.165) is 16.5 Å². The molecule has 0 unspecified atom stereocenters. The normalized spacial score (nSPS) is 10.9. The Morgan fingerprint density at radius 1 is 1.12 bits per heavy atom. The Hall–Kier alpha value is -2.13. The molecule has 2 aromatic heterocycles. The van der Waals surface area contributed by atoms with E-state index in [2.05, 4.69) is 20.4 Å². The number of benzene rings is 1. The van der Waals surface area contributed by atoms with Crippen LogP contribution in [0.3, 0.4) is 0 Å². The largest absolute Gasteiger partial charge is 0.415 e. The summed E-state index contributed by atoms with van der Waals surface area (Å²) in [6, 6.07) is 9.89. The molecule has 0 spiro atoms. The molecule has 0 atom stereocenters. The molecule has 0 aliphatic heterocycles. The van der Waals surface area contributed by atoms with Crippen LogP contribution in [-0.4, -0.2) is 36.5 Å². The van der Waals surface area contributed by atoms with Gasteiger partial charge in [0.25, 0.3) is 5.22 Å². The summed E-state index contributed by atoms with van der Waals surface area (Å²) in [6.07, 6.45) is 0. The number of ketones is 1. The van der Waals surface area contributed by atoms with E-state index in [0.29, 0.717) is 22.6 Å². The van der Waals surface area contributed by atoms with Crippen molar-refractivity contribution in [2.45, 2.75) is 23.1 Å². The lowest BCUT2D eigenvalue weighted by molar-refractivity contribution is -0.114. The summed E-state index contributed by atoms with van der Waals surface area (Å²) in [4.78, 5) is 11.0. The Morgan fingerprint density at radius 2 is 1.92 bits per heavy atom. The topological polar surface area (TPSA) is 86.7 Å². The minimum Gasteiger partial charge on any atom is -0.415 e. The molecule has 3 aromatic rings. The van der Waals surface area contributed by atoms with Gasteiger partial charge in [-0.3, -0.25) is 4.79 Å². The highest BCUT2D eigenvalue weighted by atomic mass is 32.2. The van der Waals surface area contributed by atoms with Crippen molar-refractivity contribution in [1.29, 1.82) is 0 Å². The number of carbonyl (C=O) groups is 1. The molecule has 0 bridgehead atoms. The molecular weight excluding hydrogens is 346 g/mol. The molecule has 0 saturated heterocycles. The summed E-state index contributed by atoms with van der Waals surface area (Å²) in [5.74, 6) is 2.20. The lowest BCUT2D eigenvalue weighted by Gasteiger charge is -2.02. The maximum absolute atomic E-state index is 11.0. The minimum atomic E-state index is 0.0710. The molecule has 0 amide bonds. The third-order valence-corrected chi connectivity index (χ3v) is 5.01. The Balaban J connectivity index is 1.63. The molecule has 2 heterocycles. The van der Waals surface area contributed by atoms with Crippen LogP contribution in [0, 0.1) is 0 Å². The highest BCUT2D eigenvalue weighted by Gasteiger charge is 2.13. The number of carbonyl (C=O) groups excluding carboxylic acids is 1. The van der Waals surface area contributed by atoms with Crippen molar-refractivity contribution in [2.75, 3.05) is 5.75 Å². The highest BCUT2D eigenvalue weighted by molar-refractivity contribution is 7.99. The summed E-state index contributed by atoms with van der Waals surface area (Å²) < 4.78 is 7.43. The molecule has 3 rings (SSSR count). The Kier molecular flexibility index (Phi) is 5.31. The molecule has 24 heavy (non-hydrogen) atoms. The fourth-order valence-electron chi connectivity index (χ4n) is 1.92. The number of thioether (sulfide) groups is 2. The van der Waals surface area contributed by atoms with Gasteiger partial charge < -0.3 is 8.98 Å². The van der Waals surface area contributed by atoms with E-state index in [1.807, 2.05) is 41.9 Å². The van der Waals surface area contributed by atoms with Crippen molar-refractivity contribution >= 4 is 29.3 Å². The van der Waals surface area contributed by atoms with Crippen LogP contribution in [0.2, 0.25) is 0 Å². The number of Topliss-reactive ketones (excluding diaryl/α,β-unsaturated/α-hetero) is 1. The van der Waals surface area contributed by atoms with Crippen molar-refractivity contribution in [3.63, 3.8) is 0 Å². The molecule has 124 valence electrons. The average Bonchev–Trinajstić information content (AvgIpc) is 3.18. The maximum atomic E-state index is 11.0. The van der Waals surface area contributed by atoms with E-state index in [9.17, 15) is 4.79 Å². The third kappa shape index (κ3) is 4.04. The molecular formula is C15H15N5O2S2. The van der Waals surface area contributed by atoms with E-state index < -0.39 is 0 Å². The van der Waals surface area contributed by atoms with Gasteiger partial charge in [-0.1, -0.05) is 53.9 Å². The quantitative estimate of drug-likeness (QED) is 0.594. The fraction of sp³-hybridized carbons (Fsp3) is 0.267. The van der Waals surface area contributed by atoms with Gasteiger partial charge in [0.2, 0.25) is 5.89 Å². The first-order chi connectivity index (χ1) is 11.6. The SMILES string of the molecule is CC(=O)CSc1nnc(CSc2nnc(-c3ccccc3)n2C)o1. The van der Waals surface area contributed by atoms with Gasteiger partial charge >= 0.3 is 0 Å². The van der Waals surface area contributed by atoms with Crippen LogP contribution in [0.1, 0.15) is 12.8 Å². The van der Waals surface area contributed by atoms with Crippen LogP contribution >= 0.6 is 23.5 Å². The smallest absolute Gasteiger partial charge is 0.277 e. The first kappa shape index (κ1) is 16.7. The zero-order valence-electron chi connectivity index (χ0n) is 13.2. The second-order valence-electron chi connectivity index (χ2n) is 4.97. The van der Waals surface area contributed by atoms with Crippen molar-refractivity contribution in [3.8, 4) is 11.4 Å². The Labute approximate surface area is 147 Å². The second kappa shape index (κ2) is 7.63. The van der Waals surface area contributed by atoms with Gasteiger partial charge in [-0.25, -0.2) is 0 Å². The second-order valence-corrected chi connectivity index (χ2v) is 6.84. The summed E-state index contributed by atoms with van der Waals surface area (Å²) >= 11 is 2.71. The molecule has 0 fully saturated rings. The van der Waals surface area contributed by atoms with Crippen molar-refractivity contribution in [1.82, 2.24) is 25.0 Å². The van der Waals surface area contributed by atoms with Gasteiger partial charge in [-0.05, 0) is 6.92 Å². The van der Waals surface area contributed by atoms with Crippen LogP contribution in [-0.2, 0) is 17.6 Å². The summed E-state index contributed by atoms with van der Waals surface area (Å²) in [7, 11) is 1.92. The number of hydrogen-bond donors (Lipinski definition) is 0. The number of nitrogens with zero attached hydrogens (tertiary/aromatic N) is 5. The first-order valence-electron chi connectivity index (χ1n) is 7.15. The molecule has 0 radical (unpaired) electrons. The van der Waals surface area contributed by atoms with Gasteiger partial charge in [-0.2, -0.15) is 0 Å². The highest BCUT2D eigenvalue weighted by Crippen LogP contribution is 2.25. The van der Waals surface area contributed by atoms with Gasteiger partial charge in [-0.15, -0.1) is 20.4 Å². The molecule has 7 nitrogen and oxygen atoms in total. The lowest BCUT2D eigenvalue weighted by atomic mass is 10.2. The van der Waals surface area contributed by atoms with E-state index in [1.165, 1.54) is 30.4 Å². The van der Waals surface area contributed by atoms with Gasteiger partial charge in [0.1, 0.15) is 5.78 Å². The van der Waals surface area contributed by atoms with Crippen LogP contribution < -0.4 is 0 Å². The lowest BCUT2D eigenvalue weighted by Crippen LogP contribution is -1.95. The minimum absolute atomic E-state index is 0.0710. The Bertz CT molecular complexity index is 832. The van der Waals surface area contributed by atoms with E-state index in [1.54, 1.807) is 0 Å². The number of aromatic nitrogens is 5. The Morgan fingerprint density at radius 3 is 2.67 bits per heavy atom. The van der Waals surface area contributed by atoms with Gasteiger partial charge in [0.05, 0.1) is 11.5 Å². The molecule has 9 heteroatoms. The fourth-order valence-corrected chi connectivity index (χ4v) is 3.25. The molecule has 0 aliphatic carbocycles. The summed E-state index contributed by atoms with van der Waals surface area (Å²) in [5, 5.41) is 17.5. The predicted molar refractivity (Wildman–Crippen MR) is 91.7 cm³/mol. The van der Waals surface area contributed by atoms with Crippen molar-refractivity contribution in [3.05, 3.63) is 36.2 Å². The molecule has 1 aromatic carbocycles.